The molecular formula is C15H18IN3. The minimum absolute atomic E-state index is 0.0239. The molecule has 4 heteroatoms. The fourth-order valence-electron chi connectivity index (χ4n) is 2.11. The zero-order valence-electron chi connectivity index (χ0n) is 11.2. The van der Waals surface area contributed by atoms with E-state index in [0.717, 1.165) is 29.8 Å². The smallest absolute Gasteiger partial charge is 0.0676 e. The molecule has 0 bridgehead atoms. The molecule has 0 saturated carbocycles. The van der Waals surface area contributed by atoms with Gasteiger partial charge in [0.1, 0.15) is 0 Å². The summed E-state index contributed by atoms with van der Waals surface area (Å²) in [5.41, 5.74) is 10.6. The summed E-state index contributed by atoms with van der Waals surface area (Å²) < 4.78 is 1.24. The predicted octanol–water partition coefficient (Wildman–Crippen LogP) is 3.19. The van der Waals surface area contributed by atoms with E-state index in [-0.39, 0.29) is 6.04 Å². The molecule has 0 spiro atoms. The minimum atomic E-state index is -0.0239. The van der Waals surface area contributed by atoms with E-state index in [9.17, 15) is 0 Å². The van der Waals surface area contributed by atoms with E-state index in [1.54, 1.807) is 0 Å². The van der Waals surface area contributed by atoms with Crippen molar-refractivity contribution < 1.29 is 0 Å². The Hall–Kier alpha value is -1.01. The van der Waals surface area contributed by atoms with Gasteiger partial charge in [0.15, 0.2) is 0 Å². The van der Waals surface area contributed by atoms with Gasteiger partial charge in [-0.2, -0.15) is 10.2 Å². The molecule has 100 valence electrons. The first-order valence-electron chi connectivity index (χ1n) is 6.43. The monoisotopic (exact) mass is 367 g/mol. The summed E-state index contributed by atoms with van der Waals surface area (Å²) in [6, 6.07) is 10.5. The molecule has 1 aromatic heterocycles. The average molecular weight is 367 g/mol. The molecule has 0 aliphatic carbocycles. The number of hydrogen-bond acceptors (Lipinski definition) is 3. The molecule has 19 heavy (non-hydrogen) atoms. The normalized spacial score (nSPS) is 12.4. The third kappa shape index (κ3) is 3.73. The Balaban J connectivity index is 2.21. The molecule has 1 heterocycles. The molecule has 2 N–H and O–H groups in total. The Morgan fingerprint density at radius 3 is 2.53 bits per heavy atom. The first-order chi connectivity index (χ1) is 9.10. The fourth-order valence-corrected chi connectivity index (χ4v) is 2.47. The van der Waals surface area contributed by atoms with Crippen molar-refractivity contribution in [2.24, 2.45) is 5.73 Å². The maximum Gasteiger partial charge on any atom is 0.0676 e. The van der Waals surface area contributed by atoms with Crippen molar-refractivity contribution in [1.82, 2.24) is 10.2 Å². The van der Waals surface area contributed by atoms with Crippen LogP contribution < -0.4 is 5.73 Å². The topological polar surface area (TPSA) is 51.8 Å². The van der Waals surface area contributed by atoms with Gasteiger partial charge in [0.2, 0.25) is 0 Å². The van der Waals surface area contributed by atoms with Gasteiger partial charge in [0.05, 0.1) is 11.4 Å². The van der Waals surface area contributed by atoms with E-state index in [2.05, 4.69) is 70.0 Å². The molecule has 0 aliphatic heterocycles. The highest BCUT2D eigenvalue weighted by atomic mass is 127. The third-order valence-corrected chi connectivity index (χ3v) is 3.85. The van der Waals surface area contributed by atoms with Crippen LogP contribution >= 0.6 is 22.6 Å². The number of rotatable bonds is 4. The van der Waals surface area contributed by atoms with Crippen LogP contribution in [0.4, 0.5) is 0 Å². The number of halogens is 1. The maximum absolute atomic E-state index is 6.34. The molecule has 0 radical (unpaired) electrons. The summed E-state index contributed by atoms with van der Waals surface area (Å²) in [6.45, 7) is 4.04. The van der Waals surface area contributed by atoms with Gasteiger partial charge in [-0.1, -0.05) is 19.1 Å². The number of aryl methyl sites for hydroxylation is 2. The summed E-state index contributed by atoms with van der Waals surface area (Å²) in [5.74, 6) is 0. The highest BCUT2D eigenvalue weighted by Gasteiger charge is 2.13. The number of nitrogens with zero attached hydrogens (tertiary/aromatic N) is 2. The molecule has 0 aliphatic rings. The first-order valence-corrected chi connectivity index (χ1v) is 7.51. The zero-order chi connectivity index (χ0) is 13.8. The average Bonchev–Trinajstić information content (AvgIpc) is 2.41. The van der Waals surface area contributed by atoms with Crippen LogP contribution in [0.1, 0.15) is 35.5 Å². The number of nitrogens with two attached hydrogens (primary N) is 1. The van der Waals surface area contributed by atoms with E-state index in [0.29, 0.717) is 0 Å². The lowest BCUT2D eigenvalue weighted by molar-refractivity contribution is 0.691. The van der Waals surface area contributed by atoms with Gasteiger partial charge < -0.3 is 5.73 Å². The van der Waals surface area contributed by atoms with Crippen molar-refractivity contribution in [2.45, 2.75) is 32.7 Å². The van der Waals surface area contributed by atoms with Gasteiger partial charge >= 0.3 is 0 Å². The van der Waals surface area contributed by atoms with Gasteiger partial charge in [-0.05, 0) is 71.7 Å². The molecule has 3 nitrogen and oxygen atoms in total. The maximum atomic E-state index is 6.34. The Morgan fingerprint density at radius 2 is 1.89 bits per heavy atom. The molecule has 0 fully saturated rings. The minimum Gasteiger partial charge on any atom is -0.324 e. The van der Waals surface area contributed by atoms with Crippen molar-refractivity contribution in [2.75, 3.05) is 0 Å². The third-order valence-electron chi connectivity index (χ3n) is 3.13. The molecule has 2 rings (SSSR count). The van der Waals surface area contributed by atoms with Crippen molar-refractivity contribution in [3.05, 3.63) is 56.4 Å². The molecule has 2 aromatic rings. The van der Waals surface area contributed by atoms with Crippen LogP contribution in [0.15, 0.2) is 30.3 Å². The predicted molar refractivity (Wildman–Crippen MR) is 85.9 cm³/mol. The Kier molecular flexibility index (Phi) is 4.87. The van der Waals surface area contributed by atoms with Crippen LogP contribution in [-0.4, -0.2) is 10.2 Å². The van der Waals surface area contributed by atoms with Gasteiger partial charge in [-0.3, -0.25) is 0 Å². The van der Waals surface area contributed by atoms with Crippen molar-refractivity contribution in [3.63, 3.8) is 0 Å². The molecule has 1 aromatic carbocycles. The van der Waals surface area contributed by atoms with E-state index in [4.69, 9.17) is 5.73 Å². The second kappa shape index (κ2) is 6.43. The Labute approximate surface area is 127 Å². The van der Waals surface area contributed by atoms with Gasteiger partial charge in [-0.15, -0.1) is 0 Å². The lowest BCUT2D eigenvalue weighted by atomic mass is 9.97. The Morgan fingerprint density at radius 1 is 1.21 bits per heavy atom. The molecule has 0 saturated heterocycles. The van der Waals surface area contributed by atoms with Crippen molar-refractivity contribution in [3.8, 4) is 0 Å². The second-order valence-corrected chi connectivity index (χ2v) is 5.92. The summed E-state index contributed by atoms with van der Waals surface area (Å²) >= 11 is 2.31. The van der Waals surface area contributed by atoms with Crippen LogP contribution in [0.2, 0.25) is 0 Å². The second-order valence-electron chi connectivity index (χ2n) is 4.68. The van der Waals surface area contributed by atoms with E-state index >= 15 is 0 Å². The van der Waals surface area contributed by atoms with Crippen LogP contribution in [0.25, 0.3) is 0 Å². The van der Waals surface area contributed by atoms with Crippen LogP contribution in [0.3, 0.4) is 0 Å². The molecule has 0 amide bonds. The van der Waals surface area contributed by atoms with Gasteiger partial charge in [0.25, 0.3) is 0 Å². The first kappa shape index (κ1) is 14.4. The van der Waals surface area contributed by atoms with Gasteiger partial charge in [0, 0.05) is 9.61 Å². The quantitative estimate of drug-likeness (QED) is 0.845. The highest BCUT2D eigenvalue weighted by Crippen LogP contribution is 2.20. The van der Waals surface area contributed by atoms with Crippen LogP contribution in [0, 0.1) is 10.5 Å². The van der Waals surface area contributed by atoms with E-state index in [1.807, 2.05) is 6.92 Å². The lowest BCUT2D eigenvalue weighted by Crippen LogP contribution is -2.17. The summed E-state index contributed by atoms with van der Waals surface area (Å²) in [6.07, 6.45) is 1.69. The standard InChI is InChI=1S/C15H18IN3/c1-3-15-13(8-10(2)18-19-15)14(17)9-11-4-6-12(16)7-5-11/h4-8,14H,3,9,17H2,1-2H3. The Bertz CT molecular complexity index is 552. The highest BCUT2D eigenvalue weighted by molar-refractivity contribution is 14.1. The van der Waals surface area contributed by atoms with Crippen molar-refractivity contribution >= 4 is 22.6 Å². The number of benzene rings is 1. The molecule has 1 atom stereocenters. The largest absolute Gasteiger partial charge is 0.324 e. The van der Waals surface area contributed by atoms with Crippen LogP contribution in [-0.2, 0) is 12.8 Å². The van der Waals surface area contributed by atoms with Crippen molar-refractivity contribution in [1.29, 1.82) is 0 Å². The summed E-state index contributed by atoms with van der Waals surface area (Å²) in [5, 5.41) is 8.35. The number of aromatic nitrogens is 2. The summed E-state index contributed by atoms with van der Waals surface area (Å²) in [4.78, 5) is 0. The zero-order valence-corrected chi connectivity index (χ0v) is 13.4. The molecule has 1 unspecified atom stereocenters. The van der Waals surface area contributed by atoms with E-state index in [1.165, 1.54) is 9.13 Å². The molecular weight excluding hydrogens is 349 g/mol. The summed E-state index contributed by atoms with van der Waals surface area (Å²) in [7, 11) is 0. The SMILES string of the molecule is CCc1nnc(C)cc1C(N)Cc1ccc(I)cc1. The fraction of sp³-hybridized carbons (Fsp3) is 0.333. The van der Waals surface area contributed by atoms with E-state index < -0.39 is 0 Å². The number of hydrogen-bond donors (Lipinski definition) is 1. The van der Waals surface area contributed by atoms with Gasteiger partial charge in [-0.25, -0.2) is 0 Å². The van der Waals surface area contributed by atoms with Crippen LogP contribution in [0.5, 0.6) is 0 Å². The lowest BCUT2D eigenvalue weighted by Gasteiger charge is -2.15.